The average Bonchev–Trinajstić information content (AvgIpc) is 3.64. The lowest BCUT2D eigenvalue weighted by Crippen LogP contribution is -2.59. The Balaban J connectivity index is 1.12. The summed E-state index contributed by atoms with van der Waals surface area (Å²) in [6, 6.07) is 0. The molecule has 0 radical (unpaired) electrons. The molecule has 4 aliphatic carbocycles. The molecule has 54 heavy (non-hydrogen) atoms. The first-order valence-electron chi connectivity index (χ1n) is 20.6. The van der Waals surface area contributed by atoms with Gasteiger partial charge in [0.2, 0.25) is 0 Å². The van der Waals surface area contributed by atoms with E-state index in [1.807, 2.05) is 0 Å². The topological polar surface area (TPSA) is 202 Å². The molecule has 17 atom stereocenters. The Hall–Kier alpha value is -1.68. The molecule has 6 aliphatic rings. The van der Waals surface area contributed by atoms with Crippen LogP contribution >= 0.6 is 0 Å². The third-order valence-electron chi connectivity index (χ3n) is 14.8. The standard InChI is InChI=1S/C41H66O13/c1-21(2)7-6-8-22(3)28-11-12-29-26-10-9-24-17-25(13-16-41(24,39(48)49)30(26)14-15-40(28,29)5)52-37-34(46)27(33(45)31(18-42)53-37)20-50-38-36(51-23(4)44)35(47)32(19-43)54-38/h9,21-22,25-38,42-43,45-47H,6-8,10-20H2,1-5H3,(H,48,49)/t22-,25+,26?,27+,28-,29?,30?,31-,32-,33+,34-,35-,36+,37-,38-,40-,41-/m1/s1. The molecule has 0 bridgehead atoms. The van der Waals surface area contributed by atoms with E-state index in [9.17, 15) is 40.2 Å². The molecule has 308 valence electrons. The van der Waals surface area contributed by atoms with Crippen molar-refractivity contribution in [3.8, 4) is 0 Å². The molecule has 3 unspecified atom stereocenters. The van der Waals surface area contributed by atoms with Crippen molar-refractivity contribution in [1.29, 1.82) is 0 Å². The van der Waals surface area contributed by atoms with E-state index in [1.165, 1.54) is 32.1 Å². The molecular formula is C41H66O13. The van der Waals surface area contributed by atoms with Gasteiger partial charge in [-0.2, -0.15) is 0 Å². The lowest BCUT2D eigenvalue weighted by atomic mass is 9.46. The van der Waals surface area contributed by atoms with Crippen molar-refractivity contribution in [3.05, 3.63) is 11.6 Å². The number of carbonyl (C=O) groups is 2. The molecule has 0 aromatic heterocycles. The first-order chi connectivity index (χ1) is 25.7. The van der Waals surface area contributed by atoms with Gasteiger partial charge < -0.3 is 54.3 Å². The maximum atomic E-state index is 13.4. The predicted octanol–water partition coefficient (Wildman–Crippen LogP) is 3.56. The number of hydrogen-bond acceptors (Lipinski definition) is 12. The third kappa shape index (κ3) is 7.79. The summed E-state index contributed by atoms with van der Waals surface area (Å²) in [5.41, 5.74) is 0.176. The number of aliphatic hydroxyl groups excluding tert-OH is 5. The minimum absolute atomic E-state index is 0.0635. The highest BCUT2D eigenvalue weighted by molar-refractivity contribution is 5.80. The molecule has 6 rings (SSSR count). The molecule has 2 heterocycles. The number of esters is 1. The summed E-state index contributed by atoms with van der Waals surface area (Å²) in [6.45, 7) is 9.23. The van der Waals surface area contributed by atoms with E-state index >= 15 is 0 Å². The molecule has 0 spiro atoms. The zero-order chi connectivity index (χ0) is 39.1. The molecule has 2 saturated heterocycles. The van der Waals surface area contributed by atoms with E-state index in [1.54, 1.807) is 0 Å². The summed E-state index contributed by atoms with van der Waals surface area (Å²) in [5.74, 6) is 0.494. The van der Waals surface area contributed by atoms with Crippen molar-refractivity contribution in [3.63, 3.8) is 0 Å². The van der Waals surface area contributed by atoms with E-state index in [0.29, 0.717) is 42.9 Å². The normalized spacial score (nSPS) is 45.3. The van der Waals surface area contributed by atoms with Gasteiger partial charge in [-0.15, -0.1) is 0 Å². The summed E-state index contributed by atoms with van der Waals surface area (Å²) in [6.07, 6.45) is 1.89. The van der Waals surface area contributed by atoms with Gasteiger partial charge in [-0.05, 0) is 92.3 Å². The van der Waals surface area contributed by atoms with Gasteiger partial charge in [0, 0.05) is 12.8 Å². The number of rotatable bonds is 14. The number of allylic oxidation sites excluding steroid dienone is 1. The number of carboxylic acids is 1. The van der Waals surface area contributed by atoms with Gasteiger partial charge in [0.05, 0.1) is 37.4 Å². The van der Waals surface area contributed by atoms with E-state index in [0.717, 1.165) is 37.7 Å². The minimum atomic E-state index is -1.41. The van der Waals surface area contributed by atoms with Crippen molar-refractivity contribution in [2.24, 2.45) is 52.3 Å². The number of fused-ring (bicyclic) bond motifs is 5. The average molecular weight is 767 g/mol. The van der Waals surface area contributed by atoms with Crippen LogP contribution in [0.2, 0.25) is 0 Å². The molecule has 3 saturated carbocycles. The van der Waals surface area contributed by atoms with Crippen LogP contribution in [-0.4, -0.2) is 118 Å². The molecule has 6 N–H and O–H groups in total. The van der Waals surface area contributed by atoms with E-state index in [2.05, 4.69) is 33.8 Å². The van der Waals surface area contributed by atoms with Crippen LogP contribution in [-0.2, 0) is 33.3 Å². The van der Waals surface area contributed by atoms with Crippen molar-refractivity contribution in [2.75, 3.05) is 19.8 Å². The van der Waals surface area contributed by atoms with Crippen molar-refractivity contribution in [1.82, 2.24) is 0 Å². The largest absolute Gasteiger partial charge is 0.481 e. The van der Waals surface area contributed by atoms with Crippen LogP contribution in [0.4, 0.5) is 0 Å². The summed E-state index contributed by atoms with van der Waals surface area (Å²) >= 11 is 0. The van der Waals surface area contributed by atoms with Gasteiger partial charge in [-0.25, -0.2) is 0 Å². The molecule has 0 aromatic carbocycles. The second-order valence-corrected chi connectivity index (χ2v) is 18.1. The first-order valence-corrected chi connectivity index (χ1v) is 20.6. The number of hydrogen-bond donors (Lipinski definition) is 6. The number of aliphatic carboxylic acids is 1. The van der Waals surface area contributed by atoms with E-state index in [4.69, 9.17) is 23.7 Å². The Bertz CT molecular complexity index is 1340. The zero-order valence-corrected chi connectivity index (χ0v) is 32.8. The SMILES string of the molecule is CC(=O)O[C@@H]1[C@H](OC[C@@H]2[C@@H](O)[C@H](O[C@H]3CC[C@@]4(C(=O)O)C(=CCC5C4CC[C@@]4(C)C5CC[C@@H]4[C@H](C)CCCC(C)C)C3)O[C@H](CO)[C@H]2O)O[C@H](CO)[C@H]1O. The van der Waals surface area contributed by atoms with Crippen LogP contribution in [0.25, 0.3) is 0 Å². The zero-order valence-electron chi connectivity index (χ0n) is 32.8. The highest BCUT2D eigenvalue weighted by Crippen LogP contribution is 2.67. The fourth-order valence-electron chi connectivity index (χ4n) is 12.0. The summed E-state index contributed by atoms with van der Waals surface area (Å²) in [5, 5.41) is 63.6. The van der Waals surface area contributed by atoms with Gasteiger partial charge in [0.25, 0.3) is 0 Å². The van der Waals surface area contributed by atoms with E-state index < -0.39 is 91.8 Å². The molecule has 2 aliphatic heterocycles. The van der Waals surface area contributed by atoms with Gasteiger partial charge >= 0.3 is 11.9 Å². The Morgan fingerprint density at radius 2 is 1.61 bits per heavy atom. The number of ether oxygens (including phenoxy) is 5. The van der Waals surface area contributed by atoms with Crippen LogP contribution < -0.4 is 0 Å². The third-order valence-corrected chi connectivity index (χ3v) is 14.8. The van der Waals surface area contributed by atoms with Crippen LogP contribution in [0.1, 0.15) is 105 Å². The van der Waals surface area contributed by atoms with E-state index in [-0.39, 0.29) is 17.9 Å². The number of carbonyl (C=O) groups excluding carboxylic acids is 1. The molecular weight excluding hydrogens is 700 g/mol. The fourth-order valence-corrected chi connectivity index (χ4v) is 12.0. The number of aliphatic hydroxyl groups is 5. The predicted molar refractivity (Wildman–Crippen MR) is 194 cm³/mol. The lowest BCUT2D eigenvalue weighted by Gasteiger charge is -2.58. The molecule has 5 fully saturated rings. The molecule has 0 amide bonds. The van der Waals surface area contributed by atoms with Gasteiger partial charge in [0.1, 0.15) is 24.4 Å². The van der Waals surface area contributed by atoms with Crippen molar-refractivity contribution in [2.45, 2.75) is 161 Å². The Labute approximate surface area is 319 Å². The van der Waals surface area contributed by atoms with Crippen LogP contribution in [0.3, 0.4) is 0 Å². The minimum Gasteiger partial charge on any atom is -0.481 e. The summed E-state index contributed by atoms with van der Waals surface area (Å²) < 4.78 is 28.8. The first kappa shape index (κ1) is 41.9. The highest BCUT2D eigenvalue weighted by atomic mass is 16.7. The maximum Gasteiger partial charge on any atom is 0.314 e. The monoisotopic (exact) mass is 766 g/mol. The van der Waals surface area contributed by atoms with Crippen LogP contribution in [0, 0.1) is 52.3 Å². The number of carboxylic acid groups (broad SMARTS) is 1. The molecule has 13 nitrogen and oxygen atoms in total. The summed E-state index contributed by atoms with van der Waals surface area (Å²) in [4.78, 5) is 25.1. The fraction of sp³-hybridized carbons (Fsp3) is 0.902. The quantitative estimate of drug-likeness (QED) is 0.111. The Morgan fingerprint density at radius 1 is 0.907 bits per heavy atom. The van der Waals surface area contributed by atoms with Crippen LogP contribution in [0.5, 0.6) is 0 Å². The smallest absolute Gasteiger partial charge is 0.314 e. The highest BCUT2D eigenvalue weighted by Gasteiger charge is 2.63. The summed E-state index contributed by atoms with van der Waals surface area (Å²) in [7, 11) is 0. The second-order valence-electron chi connectivity index (χ2n) is 18.1. The second kappa shape index (κ2) is 17.0. The Morgan fingerprint density at radius 3 is 2.28 bits per heavy atom. The van der Waals surface area contributed by atoms with Crippen molar-refractivity contribution >= 4 is 11.9 Å². The molecule has 13 heteroatoms. The van der Waals surface area contributed by atoms with Gasteiger partial charge in [0.15, 0.2) is 18.7 Å². The van der Waals surface area contributed by atoms with Gasteiger partial charge in [-0.1, -0.05) is 58.6 Å². The van der Waals surface area contributed by atoms with Crippen LogP contribution in [0.15, 0.2) is 11.6 Å². The Kier molecular flexibility index (Phi) is 13.2. The van der Waals surface area contributed by atoms with Gasteiger partial charge in [-0.3, -0.25) is 9.59 Å². The lowest BCUT2D eigenvalue weighted by molar-refractivity contribution is -0.312. The maximum absolute atomic E-state index is 13.4. The molecule has 0 aromatic rings. The van der Waals surface area contributed by atoms with Crippen molar-refractivity contribution < 1.29 is 63.9 Å².